The first-order valence-corrected chi connectivity index (χ1v) is 14.7. The Balaban J connectivity index is 1.21. The van der Waals surface area contributed by atoms with Crippen LogP contribution in [0.15, 0.2) is 153 Å². The van der Waals surface area contributed by atoms with Gasteiger partial charge in [-0.15, -0.1) is 0 Å². The Morgan fingerprint density at radius 2 is 0.727 bits per heavy atom. The molecule has 0 amide bonds. The Labute approximate surface area is 250 Å². The lowest BCUT2D eigenvalue weighted by Gasteiger charge is -2.25. The molecule has 0 radical (unpaired) electrons. The number of anilines is 3. The predicted molar refractivity (Wildman–Crippen MR) is 180 cm³/mol. The maximum Gasteiger partial charge on any atom is 0.137 e. The SMILES string of the molecule is c1ccc2c(c1)oc1cc(N(c3ccc4cc5oc6ccccc6c5cc4c3)c3ccc4c(c3)oc3ccccc34)ccc12. The van der Waals surface area contributed by atoms with Crippen molar-refractivity contribution in [2.24, 2.45) is 0 Å². The third kappa shape index (κ3) is 3.39. The molecule has 0 saturated carbocycles. The number of hydrogen-bond donors (Lipinski definition) is 0. The molecule has 10 aromatic rings. The zero-order valence-corrected chi connectivity index (χ0v) is 23.5. The Morgan fingerprint density at radius 3 is 1.30 bits per heavy atom. The standard InChI is InChI=1S/C40H23NO3/c1-4-10-35-29(7-1)32-17-15-27(22-39(32)43-35)41(28-16-18-33-30-8-2-5-11-36(30)44-40(33)23-28)26-14-13-24-21-38-34(20-25(24)19-26)31-9-3-6-12-37(31)42-38/h1-23H. The minimum atomic E-state index is 0.853. The van der Waals surface area contributed by atoms with Gasteiger partial charge in [0, 0.05) is 61.5 Å². The van der Waals surface area contributed by atoms with Gasteiger partial charge in [-0.05, 0) is 77.5 Å². The van der Waals surface area contributed by atoms with Gasteiger partial charge in [0.1, 0.15) is 33.5 Å². The molecule has 7 aromatic carbocycles. The molecule has 0 fully saturated rings. The highest BCUT2D eigenvalue weighted by Crippen LogP contribution is 2.42. The number of furan rings is 3. The molecule has 0 aliphatic heterocycles. The molecule has 0 saturated heterocycles. The Kier molecular flexibility index (Phi) is 4.69. The highest BCUT2D eigenvalue weighted by Gasteiger charge is 2.18. The van der Waals surface area contributed by atoms with Gasteiger partial charge in [0.25, 0.3) is 0 Å². The Bertz CT molecular complexity index is 2630. The van der Waals surface area contributed by atoms with Crippen molar-refractivity contribution in [2.45, 2.75) is 0 Å². The lowest BCUT2D eigenvalue weighted by atomic mass is 10.0. The van der Waals surface area contributed by atoms with Crippen LogP contribution in [0.2, 0.25) is 0 Å². The van der Waals surface area contributed by atoms with Crippen molar-refractivity contribution in [1.29, 1.82) is 0 Å². The molecule has 0 aliphatic carbocycles. The van der Waals surface area contributed by atoms with Gasteiger partial charge in [0.05, 0.1) is 0 Å². The molecule has 0 bridgehead atoms. The van der Waals surface area contributed by atoms with Crippen LogP contribution in [0.5, 0.6) is 0 Å². The summed E-state index contributed by atoms with van der Waals surface area (Å²) in [4.78, 5) is 2.27. The van der Waals surface area contributed by atoms with Crippen LogP contribution in [0.1, 0.15) is 0 Å². The zero-order valence-electron chi connectivity index (χ0n) is 23.5. The molecular formula is C40H23NO3. The average Bonchev–Trinajstić information content (AvgIpc) is 3.74. The summed E-state index contributed by atoms with van der Waals surface area (Å²) in [7, 11) is 0. The van der Waals surface area contributed by atoms with E-state index in [1.807, 2.05) is 36.4 Å². The molecule has 10 rings (SSSR count). The van der Waals surface area contributed by atoms with E-state index in [9.17, 15) is 0 Å². The summed E-state index contributed by atoms with van der Waals surface area (Å²) in [5.74, 6) is 0. The van der Waals surface area contributed by atoms with Crippen molar-refractivity contribution in [3.05, 3.63) is 140 Å². The second-order valence-electron chi connectivity index (χ2n) is 11.4. The van der Waals surface area contributed by atoms with Crippen molar-refractivity contribution < 1.29 is 13.3 Å². The Morgan fingerprint density at radius 1 is 0.295 bits per heavy atom. The molecule has 4 heteroatoms. The van der Waals surface area contributed by atoms with E-state index >= 15 is 0 Å². The maximum atomic E-state index is 6.32. The lowest BCUT2D eigenvalue weighted by molar-refractivity contribution is 0.668. The van der Waals surface area contributed by atoms with Gasteiger partial charge in [-0.1, -0.05) is 60.7 Å². The molecule has 0 aliphatic rings. The Hall–Kier alpha value is -6.00. The fourth-order valence-electron chi connectivity index (χ4n) is 6.75. The summed E-state index contributed by atoms with van der Waals surface area (Å²) in [5, 5.41) is 8.94. The fraction of sp³-hybridized carbons (Fsp3) is 0. The van der Waals surface area contributed by atoms with E-state index in [-0.39, 0.29) is 0 Å². The normalized spacial score (nSPS) is 12.1. The molecular weight excluding hydrogens is 542 g/mol. The van der Waals surface area contributed by atoms with Crippen LogP contribution in [0.3, 0.4) is 0 Å². The topological polar surface area (TPSA) is 42.7 Å². The second-order valence-corrected chi connectivity index (χ2v) is 11.4. The lowest BCUT2D eigenvalue weighted by Crippen LogP contribution is -2.09. The molecule has 0 spiro atoms. The molecule has 206 valence electrons. The fourth-order valence-corrected chi connectivity index (χ4v) is 6.75. The van der Waals surface area contributed by atoms with E-state index in [0.29, 0.717) is 0 Å². The summed E-state index contributed by atoms with van der Waals surface area (Å²) in [6.45, 7) is 0. The van der Waals surface area contributed by atoms with Crippen LogP contribution in [0, 0.1) is 0 Å². The number of hydrogen-bond acceptors (Lipinski definition) is 4. The number of benzene rings is 7. The van der Waals surface area contributed by atoms with E-state index in [1.165, 1.54) is 0 Å². The third-order valence-electron chi connectivity index (χ3n) is 8.82. The van der Waals surface area contributed by atoms with Crippen LogP contribution in [0.25, 0.3) is 76.6 Å². The zero-order chi connectivity index (χ0) is 28.8. The minimum Gasteiger partial charge on any atom is -0.456 e. The van der Waals surface area contributed by atoms with E-state index in [4.69, 9.17) is 13.3 Å². The maximum absolute atomic E-state index is 6.32. The molecule has 0 unspecified atom stereocenters. The predicted octanol–water partition coefficient (Wildman–Crippen LogP) is 12.0. The summed E-state index contributed by atoms with van der Waals surface area (Å²) < 4.78 is 18.8. The van der Waals surface area contributed by atoms with Crippen LogP contribution in [0.4, 0.5) is 17.1 Å². The average molecular weight is 566 g/mol. The van der Waals surface area contributed by atoms with Gasteiger partial charge in [0.15, 0.2) is 0 Å². The van der Waals surface area contributed by atoms with Gasteiger partial charge in [-0.2, -0.15) is 0 Å². The first kappa shape index (κ1) is 23.6. The van der Waals surface area contributed by atoms with E-state index in [0.717, 1.165) is 93.7 Å². The first-order chi connectivity index (χ1) is 21.8. The highest BCUT2D eigenvalue weighted by atomic mass is 16.3. The number of para-hydroxylation sites is 3. The summed E-state index contributed by atoms with van der Waals surface area (Å²) in [6.07, 6.45) is 0. The summed E-state index contributed by atoms with van der Waals surface area (Å²) in [5.41, 5.74) is 8.32. The van der Waals surface area contributed by atoms with E-state index in [2.05, 4.69) is 108 Å². The molecule has 3 aromatic heterocycles. The van der Waals surface area contributed by atoms with Gasteiger partial charge >= 0.3 is 0 Å². The largest absolute Gasteiger partial charge is 0.456 e. The molecule has 0 atom stereocenters. The highest BCUT2D eigenvalue weighted by molar-refractivity contribution is 6.11. The van der Waals surface area contributed by atoms with Crippen molar-refractivity contribution in [3.63, 3.8) is 0 Å². The van der Waals surface area contributed by atoms with E-state index < -0.39 is 0 Å². The molecule has 3 heterocycles. The minimum absolute atomic E-state index is 0.853. The van der Waals surface area contributed by atoms with Gasteiger partial charge in [0.2, 0.25) is 0 Å². The van der Waals surface area contributed by atoms with Crippen LogP contribution in [-0.4, -0.2) is 0 Å². The van der Waals surface area contributed by atoms with Gasteiger partial charge < -0.3 is 18.2 Å². The summed E-state index contributed by atoms with van der Waals surface area (Å²) >= 11 is 0. The van der Waals surface area contributed by atoms with Crippen LogP contribution < -0.4 is 4.90 Å². The third-order valence-corrected chi connectivity index (χ3v) is 8.82. The molecule has 4 nitrogen and oxygen atoms in total. The summed E-state index contributed by atoms with van der Waals surface area (Å²) in [6, 6.07) is 48.5. The smallest absolute Gasteiger partial charge is 0.137 e. The van der Waals surface area contributed by atoms with Gasteiger partial charge in [-0.3, -0.25) is 0 Å². The first-order valence-electron chi connectivity index (χ1n) is 14.7. The number of nitrogens with zero attached hydrogens (tertiary/aromatic N) is 1. The molecule has 0 N–H and O–H groups in total. The van der Waals surface area contributed by atoms with Crippen molar-refractivity contribution in [1.82, 2.24) is 0 Å². The van der Waals surface area contributed by atoms with Crippen LogP contribution >= 0.6 is 0 Å². The second kappa shape index (κ2) is 8.76. The molecule has 44 heavy (non-hydrogen) atoms. The van der Waals surface area contributed by atoms with Crippen molar-refractivity contribution >= 4 is 93.7 Å². The van der Waals surface area contributed by atoms with E-state index in [1.54, 1.807) is 0 Å². The van der Waals surface area contributed by atoms with Crippen molar-refractivity contribution in [2.75, 3.05) is 4.90 Å². The quantitative estimate of drug-likeness (QED) is 0.214. The number of fused-ring (bicyclic) bond motifs is 10. The van der Waals surface area contributed by atoms with Crippen molar-refractivity contribution in [3.8, 4) is 0 Å². The van der Waals surface area contributed by atoms with Gasteiger partial charge in [-0.25, -0.2) is 0 Å². The number of rotatable bonds is 3. The van der Waals surface area contributed by atoms with Crippen LogP contribution in [-0.2, 0) is 0 Å². The monoisotopic (exact) mass is 565 g/mol.